The van der Waals surface area contributed by atoms with Gasteiger partial charge in [0.15, 0.2) is 16.6 Å². The first-order valence-corrected chi connectivity index (χ1v) is 10.6. The standard InChI is InChI=1S/C20H19ClN4O5S/c1-29-15-5-6-16-17(18(15)30-2)22-20(31-16)24-9-7-23(8-10-24)19(26)13-11-12(25(27)28)3-4-14(13)21/h3-6,11H,7-10H2,1-2H3. The molecule has 1 aliphatic rings. The summed E-state index contributed by atoms with van der Waals surface area (Å²) in [5.41, 5.74) is 0.718. The number of nitro benzene ring substituents is 1. The van der Waals surface area contributed by atoms with E-state index in [0.717, 1.165) is 15.3 Å². The van der Waals surface area contributed by atoms with E-state index in [1.807, 2.05) is 12.1 Å². The molecule has 1 aliphatic heterocycles. The molecular weight excluding hydrogens is 444 g/mol. The van der Waals surface area contributed by atoms with Crippen LogP contribution in [-0.2, 0) is 0 Å². The van der Waals surface area contributed by atoms with Crippen molar-refractivity contribution in [3.63, 3.8) is 0 Å². The molecule has 3 aromatic rings. The third-order valence-electron chi connectivity index (χ3n) is 5.12. The average Bonchev–Trinajstić information content (AvgIpc) is 3.22. The summed E-state index contributed by atoms with van der Waals surface area (Å²) in [6.07, 6.45) is 0. The number of ether oxygens (including phenoxy) is 2. The molecule has 11 heteroatoms. The Morgan fingerprint density at radius 1 is 1.16 bits per heavy atom. The second-order valence-corrected chi connectivity index (χ2v) is 8.26. The van der Waals surface area contributed by atoms with E-state index in [1.165, 1.54) is 18.2 Å². The molecule has 1 aromatic heterocycles. The summed E-state index contributed by atoms with van der Waals surface area (Å²) >= 11 is 7.67. The van der Waals surface area contributed by atoms with Crippen LogP contribution in [0.15, 0.2) is 30.3 Å². The molecule has 31 heavy (non-hydrogen) atoms. The summed E-state index contributed by atoms with van der Waals surface area (Å²) in [5, 5.41) is 12.1. The highest BCUT2D eigenvalue weighted by Crippen LogP contribution is 2.40. The van der Waals surface area contributed by atoms with E-state index in [9.17, 15) is 14.9 Å². The third kappa shape index (κ3) is 3.96. The van der Waals surface area contributed by atoms with Crippen LogP contribution in [0.2, 0.25) is 5.02 Å². The molecule has 162 valence electrons. The molecule has 1 amide bonds. The lowest BCUT2D eigenvalue weighted by Crippen LogP contribution is -2.48. The number of carbonyl (C=O) groups excluding carboxylic acids is 1. The highest BCUT2D eigenvalue weighted by Gasteiger charge is 2.27. The zero-order valence-corrected chi connectivity index (χ0v) is 18.4. The van der Waals surface area contributed by atoms with E-state index >= 15 is 0 Å². The molecule has 2 aromatic carbocycles. The first-order chi connectivity index (χ1) is 14.9. The lowest BCUT2D eigenvalue weighted by molar-refractivity contribution is -0.384. The number of hydrogen-bond acceptors (Lipinski definition) is 8. The highest BCUT2D eigenvalue weighted by molar-refractivity contribution is 7.22. The Labute approximate surface area is 186 Å². The molecular formula is C20H19ClN4O5S. The van der Waals surface area contributed by atoms with Gasteiger partial charge in [0.1, 0.15) is 5.52 Å². The van der Waals surface area contributed by atoms with Gasteiger partial charge in [-0.2, -0.15) is 0 Å². The molecule has 0 aliphatic carbocycles. The molecule has 0 saturated carbocycles. The van der Waals surface area contributed by atoms with E-state index in [-0.39, 0.29) is 22.2 Å². The number of aromatic nitrogens is 1. The molecule has 1 fully saturated rings. The molecule has 9 nitrogen and oxygen atoms in total. The van der Waals surface area contributed by atoms with E-state index in [4.69, 9.17) is 26.1 Å². The largest absolute Gasteiger partial charge is 0.493 e. The minimum absolute atomic E-state index is 0.140. The van der Waals surface area contributed by atoms with Crippen molar-refractivity contribution in [3.8, 4) is 11.5 Å². The Kier molecular flexibility index (Phi) is 5.84. The predicted octanol–water partition coefficient (Wildman–Crippen LogP) is 3.84. The number of nitrogens with zero attached hydrogens (tertiary/aromatic N) is 4. The van der Waals surface area contributed by atoms with Gasteiger partial charge in [-0.1, -0.05) is 22.9 Å². The first kappa shape index (κ1) is 21.1. The Hall–Kier alpha value is -3.11. The number of methoxy groups -OCH3 is 2. The van der Waals surface area contributed by atoms with Crippen molar-refractivity contribution < 1.29 is 19.2 Å². The molecule has 1 saturated heterocycles. The second kappa shape index (κ2) is 8.56. The van der Waals surface area contributed by atoms with Crippen molar-refractivity contribution >= 4 is 49.9 Å². The first-order valence-electron chi connectivity index (χ1n) is 9.42. The van der Waals surface area contributed by atoms with E-state index in [0.29, 0.717) is 37.7 Å². The molecule has 0 radical (unpaired) electrons. The van der Waals surface area contributed by atoms with Crippen LogP contribution in [0, 0.1) is 10.1 Å². The van der Waals surface area contributed by atoms with Gasteiger partial charge in [-0.15, -0.1) is 0 Å². The van der Waals surface area contributed by atoms with Gasteiger partial charge in [0, 0.05) is 38.3 Å². The zero-order valence-electron chi connectivity index (χ0n) is 16.8. The van der Waals surface area contributed by atoms with Crippen LogP contribution in [0.5, 0.6) is 11.5 Å². The zero-order chi connectivity index (χ0) is 22.1. The summed E-state index contributed by atoms with van der Waals surface area (Å²) < 4.78 is 11.8. The predicted molar refractivity (Wildman–Crippen MR) is 119 cm³/mol. The number of halogens is 1. The van der Waals surface area contributed by atoms with Crippen molar-refractivity contribution in [1.29, 1.82) is 0 Å². The maximum atomic E-state index is 12.9. The number of carbonyl (C=O) groups is 1. The van der Waals surface area contributed by atoms with Crippen molar-refractivity contribution in [3.05, 3.63) is 51.0 Å². The van der Waals surface area contributed by atoms with Crippen LogP contribution in [0.4, 0.5) is 10.8 Å². The number of thiazole rings is 1. The number of piperazine rings is 1. The maximum Gasteiger partial charge on any atom is 0.270 e. The van der Waals surface area contributed by atoms with E-state index in [2.05, 4.69) is 4.90 Å². The fourth-order valence-electron chi connectivity index (χ4n) is 3.49. The number of non-ortho nitro benzene ring substituents is 1. The van der Waals surface area contributed by atoms with Gasteiger partial charge in [0.2, 0.25) is 0 Å². The van der Waals surface area contributed by atoms with Gasteiger partial charge in [0.25, 0.3) is 11.6 Å². The lowest BCUT2D eigenvalue weighted by Gasteiger charge is -2.34. The number of benzene rings is 2. The summed E-state index contributed by atoms with van der Waals surface area (Å²) in [6, 6.07) is 7.69. The number of anilines is 1. The molecule has 0 spiro atoms. The van der Waals surface area contributed by atoms with Gasteiger partial charge in [0.05, 0.1) is 34.4 Å². The van der Waals surface area contributed by atoms with Gasteiger partial charge in [-0.25, -0.2) is 4.98 Å². The normalized spacial score (nSPS) is 14.0. The Morgan fingerprint density at radius 2 is 1.90 bits per heavy atom. The topological polar surface area (TPSA) is 98.0 Å². The average molecular weight is 463 g/mol. The minimum atomic E-state index is -0.540. The van der Waals surface area contributed by atoms with Crippen LogP contribution >= 0.6 is 22.9 Å². The fourth-order valence-corrected chi connectivity index (χ4v) is 4.71. The van der Waals surface area contributed by atoms with Crippen LogP contribution in [0.25, 0.3) is 10.2 Å². The molecule has 0 N–H and O–H groups in total. The molecule has 2 heterocycles. The number of fused-ring (bicyclic) bond motifs is 1. The number of rotatable bonds is 5. The van der Waals surface area contributed by atoms with Gasteiger partial charge < -0.3 is 19.3 Å². The van der Waals surface area contributed by atoms with Crippen LogP contribution in [0.3, 0.4) is 0 Å². The number of nitro groups is 1. The Bertz CT molecular complexity index is 1160. The smallest absolute Gasteiger partial charge is 0.270 e. The van der Waals surface area contributed by atoms with Gasteiger partial charge in [-0.05, 0) is 18.2 Å². The van der Waals surface area contributed by atoms with Crippen molar-refractivity contribution in [2.45, 2.75) is 0 Å². The Morgan fingerprint density at radius 3 is 2.55 bits per heavy atom. The van der Waals surface area contributed by atoms with Crippen molar-refractivity contribution in [1.82, 2.24) is 9.88 Å². The number of amides is 1. The third-order valence-corrected chi connectivity index (χ3v) is 6.53. The van der Waals surface area contributed by atoms with Crippen LogP contribution < -0.4 is 14.4 Å². The lowest BCUT2D eigenvalue weighted by atomic mass is 10.1. The molecule has 0 bridgehead atoms. The van der Waals surface area contributed by atoms with Crippen LogP contribution in [0.1, 0.15) is 10.4 Å². The Balaban J connectivity index is 1.51. The minimum Gasteiger partial charge on any atom is -0.493 e. The number of hydrogen-bond donors (Lipinski definition) is 0. The van der Waals surface area contributed by atoms with Gasteiger partial charge >= 0.3 is 0 Å². The summed E-state index contributed by atoms with van der Waals surface area (Å²) in [4.78, 5) is 31.9. The quantitative estimate of drug-likeness (QED) is 0.419. The maximum absolute atomic E-state index is 12.9. The SMILES string of the molecule is COc1ccc2sc(N3CCN(C(=O)c4cc([N+](=O)[O-])ccc4Cl)CC3)nc2c1OC. The van der Waals surface area contributed by atoms with Crippen LogP contribution in [-0.4, -0.2) is 61.1 Å². The molecule has 0 atom stereocenters. The summed E-state index contributed by atoms with van der Waals surface area (Å²) in [6.45, 7) is 2.07. The van der Waals surface area contributed by atoms with E-state index in [1.54, 1.807) is 30.5 Å². The monoisotopic (exact) mass is 462 g/mol. The van der Waals surface area contributed by atoms with Crippen molar-refractivity contribution in [2.75, 3.05) is 45.3 Å². The van der Waals surface area contributed by atoms with Gasteiger partial charge in [-0.3, -0.25) is 14.9 Å². The highest BCUT2D eigenvalue weighted by atomic mass is 35.5. The molecule has 0 unspecified atom stereocenters. The van der Waals surface area contributed by atoms with Crippen molar-refractivity contribution in [2.24, 2.45) is 0 Å². The summed E-state index contributed by atoms with van der Waals surface area (Å²) in [7, 11) is 3.17. The summed E-state index contributed by atoms with van der Waals surface area (Å²) in [5.74, 6) is 0.900. The van der Waals surface area contributed by atoms with E-state index < -0.39 is 4.92 Å². The second-order valence-electron chi connectivity index (χ2n) is 6.84. The fraction of sp³-hybridized carbons (Fsp3) is 0.300. The molecule has 4 rings (SSSR count).